The summed E-state index contributed by atoms with van der Waals surface area (Å²) in [4.78, 5) is 35.3. The summed E-state index contributed by atoms with van der Waals surface area (Å²) in [6, 6.07) is 16.0. The Bertz CT molecular complexity index is 1110. The molecule has 0 aliphatic heterocycles. The average Bonchev–Trinajstić information content (AvgIpc) is 2.69. The van der Waals surface area contributed by atoms with Crippen LogP contribution in [0.15, 0.2) is 66.7 Å². The Morgan fingerprint density at radius 1 is 0.897 bits per heavy atom. The lowest BCUT2D eigenvalue weighted by Crippen LogP contribution is -2.18. The number of anilines is 2. The van der Waals surface area contributed by atoms with Crippen LogP contribution in [0.2, 0.25) is 0 Å². The van der Waals surface area contributed by atoms with Crippen molar-refractivity contribution in [1.82, 2.24) is 0 Å². The number of carbonyl (C=O) groups excluding carboxylic acids is 2. The number of nitrogens with one attached hydrogen (secondary N) is 2. The van der Waals surface area contributed by atoms with Crippen LogP contribution >= 0.6 is 0 Å². The first-order valence-electron chi connectivity index (χ1n) is 8.57. The van der Waals surface area contributed by atoms with E-state index in [0.29, 0.717) is 5.56 Å². The van der Waals surface area contributed by atoms with Gasteiger partial charge in [-0.25, -0.2) is 4.39 Å². The van der Waals surface area contributed by atoms with Crippen molar-refractivity contribution in [2.24, 2.45) is 0 Å². The van der Waals surface area contributed by atoms with E-state index in [1.54, 1.807) is 30.3 Å². The first-order chi connectivity index (χ1) is 13.8. The molecule has 2 amide bonds. The first kappa shape index (κ1) is 19.7. The van der Waals surface area contributed by atoms with E-state index in [4.69, 9.17) is 0 Å². The lowest BCUT2D eigenvalue weighted by Gasteiger charge is -2.12. The van der Waals surface area contributed by atoms with Gasteiger partial charge in [0.15, 0.2) is 0 Å². The van der Waals surface area contributed by atoms with Crippen LogP contribution in [-0.4, -0.2) is 16.7 Å². The molecular weight excluding hydrogens is 377 g/mol. The minimum atomic E-state index is -0.815. The third kappa shape index (κ3) is 4.62. The van der Waals surface area contributed by atoms with Gasteiger partial charge in [0.2, 0.25) is 0 Å². The molecule has 0 saturated carbocycles. The summed E-state index contributed by atoms with van der Waals surface area (Å²) >= 11 is 0. The largest absolute Gasteiger partial charge is 0.321 e. The highest BCUT2D eigenvalue weighted by Gasteiger charge is 2.17. The standard InChI is InChI=1S/C21H16FN3O4/c1-13-5-4-6-14(11-13)20(26)23-18-8-3-2-7-16(18)21(27)24-19-12-15(25(28)29)9-10-17(19)22/h2-12H,1H3,(H,23,26)(H,24,27). The van der Waals surface area contributed by atoms with Crippen molar-refractivity contribution in [1.29, 1.82) is 0 Å². The van der Waals surface area contributed by atoms with Gasteiger partial charge in [-0.1, -0.05) is 29.8 Å². The maximum atomic E-state index is 14.0. The van der Waals surface area contributed by atoms with Crippen molar-refractivity contribution in [3.63, 3.8) is 0 Å². The summed E-state index contributed by atoms with van der Waals surface area (Å²) in [5.41, 5.74) is 0.947. The summed E-state index contributed by atoms with van der Waals surface area (Å²) in [6.07, 6.45) is 0. The molecule has 0 aliphatic rings. The molecule has 0 saturated heterocycles. The second-order valence-electron chi connectivity index (χ2n) is 6.24. The van der Waals surface area contributed by atoms with Crippen molar-refractivity contribution in [2.75, 3.05) is 10.6 Å². The summed E-state index contributed by atoms with van der Waals surface area (Å²) in [5, 5.41) is 15.9. The van der Waals surface area contributed by atoms with Gasteiger partial charge in [0.1, 0.15) is 5.82 Å². The molecule has 0 fully saturated rings. The van der Waals surface area contributed by atoms with E-state index >= 15 is 0 Å². The highest BCUT2D eigenvalue weighted by molar-refractivity contribution is 6.12. The molecule has 0 bridgehead atoms. The molecule has 0 heterocycles. The second-order valence-corrected chi connectivity index (χ2v) is 6.24. The molecule has 0 aromatic heterocycles. The van der Waals surface area contributed by atoms with Crippen molar-refractivity contribution >= 4 is 28.9 Å². The van der Waals surface area contributed by atoms with Crippen LogP contribution < -0.4 is 10.6 Å². The maximum absolute atomic E-state index is 14.0. The zero-order valence-electron chi connectivity index (χ0n) is 15.3. The van der Waals surface area contributed by atoms with Gasteiger partial charge in [-0.15, -0.1) is 0 Å². The van der Waals surface area contributed by atoms with Gasteiger partial charge >= 0.3 is 0 Å². The number of benzene rings is 3. The fraction of sp³-hybridized carbons (Fsp3) is 0.0476. The molecule has 146 valence electrons. The molecule has 29 heavy (non-hydrogen) atoms. The number of halogens is 1. The van der Waals surface area contributed by atoms with Gasteiger partial charge in [0, 0.05) is 17.7 Å². The van der Waals surface area contributed by atoms with Gasteiger partial charge in [0.05, 0.1) is 21.9 Å². The highest BCUT2D eigenvalue weighted by atomic mass is 19.1. The van der Waals surface area contributed by atoms with Gasteiger partial charge in [-0.3, -0.25) is 19.7 Å². The van der Waals surface area contributed by atoms with Crippen LogP contribution in [0.25, 0.3) is 0 Å². The molecule has 0 spiro atoms. The summed E-state index contributed by atoms with van der Waals surface area (Å²) in [7, 11) is 0. The minimum absolute atomic E-state index is 0.0828. The zero-order chi connectivity index (χ0) is 21.0. The van der Waals surface area contributed by atoms with Crippen LogP contribution in [0.3, 0.4) is 0 Å². The lowest BCUT2D eigenvalue weighted by atomic mass is 10.1. The summed E-state index contributed by atoms with van der Waals surface area (Å²) in [6.45, 7) is 1.85. The van der Waals surface area contributed by atoms with Crippen LogP contribution in [0.4, 0.5) is 21.5 Å². The number of non-ortho nitro benzene ring substituents is 1. The van der Waals surface area contributed by atoms with Crippen molar-refractivity contribution in [3.05, 3.63) is 99.4 Å². The minimum Gasteiger partial charge on any atom is -0.321 e. The van der Waals surface area contributed by atoms with Gasteiger partial charge in [-0.05, 0) is 37.3 Å². The Morgan fingerprint density at radius 3 is 2.34 bits per heavy atom. The smallest absolute Gasteiger partial charge is 0.271 e. The fourth-order valence-electron chi connectivity index (χ4n) is 2.68. The topological polar surface area (TPSA) is 101 Å². The number of hydrogen-bond donors (Lipinski definition) is 2. The number of carbonyl (C=O) groups is 2. The monoisotopic (exact) mass is 393 g/mol. The van der Waals surface area contributed by atoms with Gasteiger partial charge in [-0.2, -0.15) is 0 Å². The second kappa shape index (κ2) is 8.30. The molecule has 2 N–H and O–H groups in total. The van der Waals surface area contributed by atoms with Crippen LogP contribution in [0.5, 0.6) is 0 Å². The van der Waals surface area contributed by atoms with E-state index in [1.165, 1.54) is 12.1 Å². The third-order valence-corrected chi connectivity index (χ3v) is 4.11. The number of nitro benzene ring substituents is 1. The predicted octanol–water partition coefficient (Wildman–Crippen LogP) is 4.55. The van der Waals surface area contributed by atoms with Crippen molar-refractivity contribution in [3.8, 4) is 0 Å². The van der Waals surface area contributed by atoms with E-state index in [2.05, 4.69) is 10.6 Å². The third-order valence-electron chi connectivity index (χ3n) is 4.11. The molecule has 8 heteroatoms. The number of aryl methyl sites for hydroxylation is 1. The van der Waals surface area contributed by atoms with E-state index < -0.39 is 22.6 Å². The number of rotatable bonds is 5. The van der Waals surface area contributed by atoms with Crippen LogP contribution in [0, 0.1) is 22.9 Å². The molecule has 3 aromatic carbocycles. The SMILES string of the molecule is Cc1cccc(C(=O)Nc2ccccc2C(=O)Nc2cc([N+](=O)[O-])ccc2F)c1. The Hall–Kier alpha value is -4.07. The molecule has 0 atom stereocenters. The predicted molar refractivity (Wildman–Crippen MR) is 107 cm³/mol. The molecular formula is C21H16FN3O4. The first-order valence-corrected chi connectivity index (χ1v) is 8.57. The molecule has 0 unspecified atom stereocenters. The van der Waals surface area contributed by atoms with Crippen molar-refractivity contribution in [2.45, 2.75) is 6.92 Å². The van der Waals surface area contributed by atoms with Crippen LogP contribution in [0.1, 0.15) is 26.3 Å². The Morgan fingerprint density at radius 2 is 1.62 bits per heavy atom. The zero-order valence-corrected chi connectivity index (χ0v) is 15.3. The summed E-state index contributed by atoms with van der Waals surface area (Å²) < 4.78 is 14.0. The number of para-hydroxylation sites is 1. The molecule has 0 aliphatic carbocycles. The number of amides is 2. The Kier molecular flexibility index (Phi) is 5.64. The highest BCUT2D eigenvalue weighted by Crippen LogP contribution is 2.23. The fourth-order valence-corrected chi connectivity index (χ4v) is 2.68. The van der Waals surface area contributed by atoms with Gasteiger partial charge < -0.3 is 10.6 Å². The molecule has 7 nitrogen and oxygen atoms in total. The number of hydrogen-bond acceptors (Lipinski definition) is 4. The summed E-state index contributed by atoms with van der Waals surface area (Å²) in [5.74, 6) is -1.94. The van der Waals surface area contributed by atoms with E-state index in [1.807, 2.05) is 13.0 Å². The average molecular weight is 393 g/mol. The van der Waals surface area contributed by atoms with E-state index in [0.717, 1.165) is 23.8 Å². The number of nitrogens with zero attached hydrogens (tertiary/aromatic N) is 1. The quantitative estimate of drug-likeness (QED) is 0.490. The molecule has 0 radical (unpaired) electrons. The van der Waals surface area contributed by atoms with E-state index in [-0.39, 0.29) is 22.6 Å². The normalized spacial score (nSPS) is 10.3. The lowest BCUT2D eigenvalue weighted by molar-refractivity contribution is -0.384. The van der Waals surface area contributed by atoms with Crippen LogP contribution in [-0.2, 0) is 0 Å². The van der Waals surface area contributed by atoms with E-state index in [9.17, 15) is 24.1 Å². The molecule has 3 aromatic rings. The Balaban J connectivity index is 1.85. The molecule has 3 rings (SSSR count). The van der Waals surface area contributed by atoms with Gasteiger partial charge in [0.25, 0.3) is 17.5 Å². The Labute approximate surface area is 165 Å². The van der Waals surface area contributed by atoms with Crippen molar-refractivity contribution < 1.29 is 18.9 Å². The maximum Gasteiger partial charge on any atom is 0.271 e. The number of nitro groups is 1.